The molecule has 3 aliphatic rings. The predicted octanol–water partition coefficient (Wildman–Crippen LogP) is 9.25. The molecule has 8 heteroatoms. The van der Waals surface area contributed by atoms with Gasteiger partial charge < -0.3 is 19.7 Å². The number of halogens is 1. The van der Waals surface area contributed by atoms with E-state index in [2.05, 4.69) is 84.8 Å². The van der Waals surface area contributed by atoms with Crippen molar-refractivity contribution in [2.45, 2.75) is 86.5 Å². The summed E-state index contributed by atoms with van der Waals surface area (Å²) in [6.07, 6.45) is 3.14. The summed E-state index contributed by atoms with van der Waals surface area (Å²) < 4.78 is 13.1. The number of carbonyl (C=O) groups excluding carboxylic acids is 3. The molecule has 3 aromatic rings. The van der Waals surface area contributed by atoms with E-state index in [0.29, 0.717) is 37.5 Å². The van der Waals surface area contributed by atoms with Crippen LogP contribution in [0.5, 0.6) is 11.5 Å². The van der Waals surface area contributed by atoms with Crippen molar-refractivity contribution in [2.75, 3.05) is 25.1 Å². The highest BCUT2D eigenvalue weighted by molar-refractivity contribution is 14.1. The number of benzene rings is 3. The summed E-state index contributed by atoms with van der Waals surface area (Å²) in [6, 6.07) is 20.2. The monoisotopic (exact) mass is 800 g/mol. The summed E-state index contributed by atoms with van der Waals surface area (Å²) in [5.74, 6) is 0.356. The first kappa shape index (κ1) is 36.9. The molecule has 0 bridgehead atoms. The van der Waals surface area contributed by atoms with Crippen LogP contribution in [0, 0.1) is 28.2 Å². The van der Waals surface area contributed by atoms with Crippen molar-refractivity contribution in [1.82, 2.24) is 4.90 Å². The molecule has 0 fully saturated rings. The van der Waals surface area contributed by atoms with Gasteiger partial charge in [-0.25, -0.2) is 0 Å². The average Bonchev–Trinajstić information content (AvgIpc) is 3.04. The number of hydrogen-bond acceptors (Lipinski definition) is 6. The van der Waals surface area contributed by atoms with Crippen molar-refractivity contribution in [3.05, 3.63) is 109 Å². The predicted molar refractivity (Wildman–Crippen MR) is 210 cm³/mol. The van der Waals surface area contributed by atoms with Gasteiger partial charge in [0, 0.05) is 53.5 Å². The van der Waals surface area contributed by atoms with E-state index in [1.165, 1.54) is 5.56 Å². The number of Topliss-reactive ketones (excluding diaryl/α,β-unsaturated/α-hetero) is 2. The molecule has 1 N–H and O–H groups in total. The van der Waals surface area contributed by atoms with Gasteiger partial charge in [0.25, 0.3) is 5.91 Å². The molecule has 7 nitrogen and oxygen atoms in total. The Kier molecular flexibility index (Phi) is 10.6. The third-order valence-corrected chi connectivity index (χ3v) is 11.0. The van der Waals surface area contributed by atoms with Gasteiger partial charge in [0.05, 0.1) is 10.2 Å². The quantitative estimate of drug-likeness (QED) is 0.206. The van der Waals surface area contributed by atoms with E-state index in [1.807, 2.05) is 57.2 Å². The molecule has 268 valence electrons. The first-order valence-corrected chi connectivity index (χ1v) is 19.0. The summed E-state index contributed by atoms with van der Waals surface area (Å²) in [5.41, 5.74) is 8.02. The lowest BCUT2D eigenvalue weighted by atomic mass is 9.63. The number of rotatable bonds is 10. The Labute approximate surface area is 316 Å². The van der Waals surface area contributed by atoms with Gasteiger partial charge in [-0.3, -0.25) is 14.4 Å². The molecular formula is C43H49IN2O5. The van der Waals surface area contributed by atoms with Gasteiger partial charge in [-0.1, -0.05) is 75.7 Å². The van der Waals surface area contributed by atoms with E-state index >= 15 is 0 Å². The Balaban J connectivity index is 1.41. The number of anilines is 1. The average molecular weight is 801 g/mol. The lowest BCUT2D eigenvalue weighted by Gasteiger charge is -2.49. The summed E-state index contributed by atoms with van der Waals surface area (Å²) in [4.78, 5) is 44.1. The van der Waals surface area contributed by atoms with Crippen LogP contribution in [0.3, 0.4) is 0 Å². The second-order valence-electron chi connectivity index (χ2n) is 15.8. The minimum atomic E-state index is -0.509. The van der Waals surface area contributed by atoms with Gasteiger partial charge in [0.1, 0.15) is 0 Å². The number of nitrogens with one attached hydrogen (secondary N) is 1. The summed E-state index contributed by atoms with van der Waals surface area (Å²) in [7, 11) is 0. The van der Waals surface area contributed by atoms with Crippen LogP contribution in [0.2, 0.25) is 0 Å². The number of ether oxygens (including phenoxy) is 2. The van der Waals surface area contributed by atoms with Crippen LogP contribution in [0.15, 0.2) is 83.2 Å². The molecule has 0 saturated heterocycles. The summed E-state index contributed by atoms with van der Waals surface area (Å²) >= 11 is 2.22. The van der Waals surface area contributed by atoms with Crippen molar-refractivity contribution in [3.8, 4) is 11.5 Å². The molecule has 51 heavy (non-hydrogen) atoms. The van der Waals surface area contributed by atoms with Crippen LogP contribution < -0.4 is 14.8 Å². The lowest BCUT2D eigenvalue weighted by Crippen LogP contribution is -2.45. The van der Waals surface area contributed by atoms with Crippen molar-refractivity contribution < 1.29 is 23.9 Å². The molecule has 1 heterocycles. The van der Waals surface area contributed by atoms with Crippen LogP contribution in [0.1, 0.15) is 88.5 Å². The first-order valence-electron chi connectivity index (χ1n) is 18.0. The van der Waals surface area contributed by atoms with Gasteiger partial charge in [0.2, 0.25) is 0 Å². The highest BCUT2D eigenvalue weighted by atomic mass is 127. The van der Waals surface area contributed by atoms with Crippen molar-refractivity contribution >= 4 is 45.8 Å². The van der Waals surface area contributed by atoms with E-state index in [0.717, 1.165) is 67.8 Å². The number of ketones is 2. The zero-order valence-corrected chi connectivity index (χ0v) is 33.0. The Bertz CT molecular complexity index is 1890. The molecule has 0 radical (unpaired) electrons. The van der Waals surface area contributed by atoms with E-state index in [-0.39, 0.29) is 34.9 Å². The van der Waals surface area contributed by atoms with Crippen LogP contribution >= 0.6 is 22.6 Å². The molecular weight excluding hydrogens is 751 g/mol. The molecule has 1 aliphatic heterocycles. The van der Waals surface area contributed by atoms with Gasteiger partial charge >= 0.3 is 0 Å². The highest BCUT2D eigenvalue weighted by Crippen LogP contribution is 2.55. The fraction of sp³-hybridized carbons (Fsp3) is 0.419. The maximum Gasteiger partial charge on any atom is 0.262 e. The van der Waals surface area contributed by atoms with Gasteiger partial charge in [-0.15, -0.1) is 0 Å². The maximum absolute atomic E-state index is 14.4. The highest BCUT2D eigenvalue weighted by Gasteiger charge is 2.49. The number of allylic oxidation sites excluding steroid dienone is 4. The molecule has 2 aliphatic carbocycles. The largest absolute Gasteiger partial charge is 0.490 e. The van der Waals surface area contributed by atoms with Gasteiger partial charge in [-0.2, -0.15) is 0 Å². The number of carbonyl (C=O) groups is 3. The fourth-order valence-corrected chi connectivity index (χ4v) is 8.75. The summed E-state index contributed by atoms with van der Waals surface area (Å²) in [5, 5.41) is 2.95. The van der Waals surface area contributed by atoms with Crippen LogP contribution in [-0.2, 0) is 20.8 Å². The molecule has 3 aromatic carbocycles. The van der Waals surface area contributed by atoms with Crippen molar-refractivity contribution in [1.29, 1.82) is 0 Å². The van der Waals surface area contributed by atoms with Gasteiger partial charge in [0.15, 0.2) is 29.7 Å². The molecule has 0 aromatic heterocycles. The van der Waals surface area contributed by atoms with Crippen LogP contribution in [-0.4, -0.2) is 42.1 Å². The van der Waals surface area contributed by atoms with Crippen molar-refractivity contribution in [3.63, 3.8) is 0 Å². The number of hydrogen-bond donors (Lipinski definition) is 1. The summed E-state index contributed by atoms with van der Waals surface area (Å²) in [6.45, 7) is 15.4. The molecule has 6 rings (SSSR count). The van der Waals surface area contributed by atoms with E-state index in [9.17, 15) is 14.4 Å². The van der Waals surface area contributed by atoms with Crippen molar-refractivity contribution in [2.24, 2.45) is 10.8 Å². The second kappa shape index (κ2) is 14.6. The first-order chi connectivity index (χ1) is 24.2. The third-order valence-electron chi connectivity index (χ3n) is 10.2. The van der Waals surface area contributed by atoms with E-state index in [4.69, 9.17) is 9.47 Å². The minimum absolute atomic E-state index is 0.0940. The Morgan fingerprint density at radius 2 is 1.49 bits per heavy atom. The Hall–Kier alpha value is -3.92. The minimum Gasteiger partial charge on any atom is -0.490 e. The molecule has 0 saturated carbocycles. The topological polar surface area (TPSA) is 84.9 Å². The zero-order valence-electron chi connectivity index (χ0n) is 30.9. The van der Waals surface area contributed by atoms with E-state index in [1.54, 1.807) is 0 Å². The number of aryl methyl sites for hydroxylation is 2. The standard InChI is InChI=1S/C43H49IN2O5/c1-8-50-36-20-29(19-30(44)41(36)51-25-37(49)45-31-15-14-26(2)18-27(31)3)38-39-32(21-42(4,5)23-34(39)47)46(17-16-28-12-10-9-11-13-28)33-22-43(6,7)24-35(48)40(33)38/h9-15,18-20,38H,8,16-17,21-25H2,1-7H3,(H,45,49). The molecule has 0 atom stereocenters. The van der Waals surface area contributed by atoms with Crippen LogP contribution in [0.25, 0.3) is 0 Å². The molecule has 0 unspecified atom stereocenters. The zero-order chi connectivity index (χ0) is 36.7. The smallest absolute Gasteiger partial charge is 0.262 e. The van der Waals surface area contributed by atoms with E-state index < -0.39 is 5.92 Å². The second-order valence-corrected chi connectivity index (χ2v) is 17.0. The molecule has 0 spiro atoms. The molecule has 1 amide bonds. The Morgan fingerprint density at radius 1 is 0.863 bits per heavy atom. The normalized spacial score (nSPS) is 18.4. The Morgan fingerprint density at radius 3 is 2.08 bits per heavy atom. The van der Waals surface area contributed by atoms with Gasteiger partial charge in [-0.05, 0) is 108 Å². The SMILES string of the molecule is CCOc1cc(C2C3=C(CC(C)(C)CC3=O)N(CCc3ccccc3)C3=C2C(=O)CC(C)(C)C3)cc(I)c1OCC(=O)Nc1ccc(C)cc1C. The maximum atomic E-state index is 14.4. The third kappa shape index (κ3) is 7.96. The van der Waals surface area contributed by atoms with Crippen LogP contribution in [0.4, 0.5) is 5.69 Å². The lowest BCUT2D eigenvalue weighted by molar-refractivity contribution is -0.120. The number of amides is 1. The fourth-order valence-electron chi connectivity index (χ4n) is 7.97. The number of nitrogens with zero attached hydrogens (tertiary/aromatic N) is 1.